The molecule has 1 atom stereocenters. The van der Waals surface area contributed by atoms with E-state index in [-0.39, 0.29) is 29.8 Å². The number of nitrogens with one attached hydrogen (secondary N) is 1. The molecule has 6 nitrogen and oxygen atoms in total. The largest absolute Gasteiger partial charge is 0.352 e. The number of hydrogen-bond donors (Lipinski definition) is 2. The molecular weight excluding hydrogens is 328 g/mol. The van der Waals surface area contributed by atoms with Crippen molar-refractivity contribution in [3.63, 3.8) is 0 Å². The van der Waals surface area contributed by atoms with Crippen molar-refractivity contribution in [1.82, 2.24) is 15.5 Å². The van der Waals surface area contributed by atoms with Crippen LogP contribution in [0.15, 0.2) is 28.8 Å². The molecule has 1 amide bonds. The molecule has 3 N–H and O–H groups in total. The van der Waals surface area contributed by atoms with Gasteiger partial charge in [0.05, 0.1) is 11.1 Å². The van der Waals surface area contributed by atoms with Gasteiger partial charge >= 0.3 is 0 Å². The molecule has 0 radical (unpaired) electrons. The van der Waals surface area contributed by atoms with Crippen molar-refractivity contribution in [1.29, 1.82) is 0 Å². The molecule has 1 aromatic heterocycles. The van der Waals surface area contributed by atoms with Gasteiger partial charge in [-0.2, -0.15) is 4.98 Å². The zero-order valence-electron chi connectivity index (χ0n) is 14.5. The summed E-state index contributed by atoms with van der Waals surface area (Å²) in [5, 5.41) is 6.88. The normalized spacial score (nSPS) is 12.4. The molecule has 132 valence electrons. The van der Waals surface area contributed by atoms with Gasteiger partial charge in [0.25, 0.3) is 11.8 Å². The molecule has 2 rings (SSSR count). The highest BCUT2D eigenvalue weighted by atomic mass is 35.5. The average molecular weight is 353 g/mol. The molecule has 0 fully saturated rings. The van der Waals surface area contributed by atoms with Crippen molar-refractivity contribution in [2.45, 2.75) is 45.6 Å². The predicted octanol–water partition coefficient (Wildman–Crippen LogP) is 2.92. The minimum Gasteiger partial charge on any atom is -0.352 e. The van der Waals surface area contributed by atoms with Gasteiger partial charge in [0.1, 0.15) is 0 Å². The number of amides is 1. The van der Waals surface area contributed by atoms with Gasteiger partial charge in [-0.25, -0.2) is 0 Å². The van der Waals surface area contributed by atoms with Crippen molar-refractivity contribution >= 4 is 18.3 Å². The summed E-state index contributed by atoms with van der Waals surface area (Å²) in [6.07, 6.45) is 0.725. The third-order valence-electron chi connectivity index (χ3n) is 3.38. The van der Waals surface area contributed by atoms with Crippen LogP contribution in [0.25, 0.3) is 11.5 Å². The Morgan fingerprint density at radius 2 is 2.00 bits per heavy atom. The summed E-state index contributed by atoms with van der Waals surface area (Å²) < 4.78 is 5.35. The summed E-state index contributed by atoms with van der Waals surface area (Å²) in [5.41, 5.74) is 6.63. The van der Waals surface area contributed by atoms with Crippen LogP contribution in [0.4, 0.5) is 0 Å². The number of carbonyl (C=O) groups is 1. The minimum absolute atomic E-state index is 0. The molecule has 0 spiro atoms. The first kappa shape index (κ1) is 20.1. The number of hydrogen-bond acceptors (Lipinski definition) is 5. The summed E-state index contributed by atoms with van der Waals surface area (Å²) in [7, 11) is 0. The standard InChI is InChI=1S/C17H24N4O2.ClH/c1-11(18)9-10-19-14(22)12-7-5-6-8-13(12)15-20-16(21-23-15)17(2,3)4;/h5-8,11H,9-10,18H2,1-4H3,(H,19,22);1H. The van der Waals surface area contributed by atoms with Crippen LogP contribution in [0.5, 0.6) is 0 Å². The molecule has 0 saturated heterocycles. The lowest BCUT2D eigenvalue weighted by Crippen LogP contribution is -2.29. The van der Waals surface area contributed by atoms with Crippen LogP contribution >= 0.6 is 12.4 Å². The highest BCUT2D eigenvalue weighted by Crippen LogP contribution is 2.26. The number of nitrogens with two attached hydrogens (primary N) is 1. The smallest absolute Gasteiger partial charge is 0.258 e. The van der Waals surface area contributed by atoms with Gasteiger partial charge in [-0.1, -0.05) is 38.1 Å². The highest BCUT2D eigenvalue weighted by Gasteiger charge is 2.23. The molecule has 1 unspecified atom stereocenters. The number of benzene rings is 1. The lowest BCUT2D eigenvalue weighted by atomic mass is 9.96. The molecular formula is C17H25ClN4O2. The van der Waals surface area contributed by atoms with E-state index in [1.54, 1.807) is 12.1 Å². The van der Waals surface area contributed by atoms with Crippen molar-refractivity contribution < 1.29 is 9.32 Å². The van der Waals surface area contributed by atoms with Crippen LogP contribution in [0.3, 0.4) is 0 Å². The molecule has 1 heterocycles. The van der Waals surface area contributed by atoms with E-state index in [9.17, 15) is 4.79 Å². The van der Waals surface area contributed by atoms with Crippen LogP contribution in [0.2, 0.25) is 0 Å². The fourth-order valence-corrected chi connectivity index (χ4v) is 2.01. The van der Waals surface area contributed by atoms with E-state index in [0.29, 0.717) is 29.4 Å². The Hall–Kier alpha value is -1.92. The van der Waals surface area contributed by atoms with Gasteiger partial charge < -0.3 is 15.6 Å². The van der Waals surface area contributed by atoms with Crippen molar-refractivity contribution in [2.24, 2.45) is 5.73 Å². The molecule has 1 aromatic carbocycles. The Bertz CT molecular complexity index is 677. The van der Waals surface area contributed by atoms with Gasteiger partial charge in [-0.15, -0.1) is 12.4 Å². The Morgan fingerprint density at radius 1 is 1.33 bits per heavy atom. The summed E-state index contributed by atoms with van der Waals surface area (Å²) >= 11 is 0. The first-order chi connectivity index (χ1) is 10.8. The van der Waals surface area contributed by atoms with E-state index >= 15 is 0 Å². The molecule has 2 aromatic rings. The number of carbonyl (C=O) groups excluding carboxylic acids is 1. The van der Waals surface area contributed by atoms with Gasteiger partial charge in [0.15, 0.2) is 5.82 Å². The predicted molar refractivity (Wildman–Crippen MR) is 96.3 cm³/mol. The quantitative estimate of drug-likeness (QED) is 0.862. The number of rotatable bonds is 5. The van der Waals surface area contributed by atoms with E-state index in [1.165, 1.54) is 0 Å². The summed E-state index contributed by atoms with van der Waals surface area (Å²) in [6, 6.07) is 7.26. The first-order valence-electron chi connectivity index (χ1n) is 7.76. The monoisotopic (exact) mass is 352 g/mol. The fraction of sp³-hybridized carbons (Fsp3) is 0.471. The third kappa shape index (κ3) is 5.04. The summed E-state index contributed by atoms with van der Waals surface area (Å²) in [6.45, 7) is 8.46. The molecule has 0 saturated carbocycles. The number of nitrogens with zero attached hydrogens (tertiary/aromatic N) is 2. The van der Waals surface area contributed by atoms with Crippen LogP contribution in [-0.2, 0) is 5.41 Å². The van der Waals surface area contributed by atoms with E-state index in [4.69, 9.17) is 10.3 Å². The molecule has 0 aliphatic heterocycles. The van der Waals surface area contributed by atoms with Crippen LogP contribution in [0.1, 0.15) is 50.3 Å². The number of halogens is 1. The Labute approximate surface area is 148 Å². The fourth-order valence-electron chi connectivity index (χ4n) is 2.01. The minimum atomic E-state index is -0.212. The van der Waals surface area contributed by atoms with Gasteiger partial charge in [0, 0.05) is 18.0 Å². The van der Waals surface area contributed by atoms with Gasteiger partial charge in [0.2, 0.25) is 0 Å². The van der Waals surface area contributed by atoms with Crippen LogP contribution < -0.4 is 11.1 Å². The first-order valence-corrected chi connectivity index (χ1v) is 7.76. The maximum Gasteiger partial charge on any atom is 0.258 e. The number of aromatic nitrogens is 2. The summed E-state index contributed by atoms with van der Waals surface area (Å²) in [5.74, 6) is 0.796. The Balaban J connectivity index is 0.00000288. The maximum atomic E-state index is 12.4. The Morgan fingerprint density at radius 3 is 2.58 bits per heavy atom. The van der Waals surface area contributed by atoms with Gasteiger partial charge in [-0.3, -0.25) is 4.79 Å². The second-order valence-corrected chi connectivity index (χ2v) is 6.74. The molecule has 24 heavy (non-hydrogen) atoms. The second-order valence-electron chi connectivity index (χ2n) is 6.74. The zero-order valence-corrected chi connectivity index (χ0v) is 15.3. The van der Waals surface area contributed by atoms with Crippen LogP contribution in [-0.4, -0.2) is 28.6 Å². The lowest BCUT2D eigenvalue weighted by Gasteiger charge is -2.11. The van der Waals surface area contributed by atoms with E-state index in [2.05, 4.69) is 15.5 Å². The molecule has 0 aliphatic carbocycles. The van der Waals surface area contributed by atoms with E-state index < -0.39 is 0 Å². The van der Waals surface area contributed by atoms with Crippen molar-refractivity contribution in [2.75, 3.05) is 6.54 Å². The van der Waals surface area contributed by atoms with Crippen LogP contribution in [0, 0.1) is 0 Å². The van der Waals surface area contributed by atoms with E-state index in [0.717, 1.165) is 6.42 Å². The molecule has 7 heteroatoms. The maximum absolute atomic E-state index is 12.4. The second kappa shape index (κ2) is 8.26. The zero-order chi connectivity index (χ0) is 17.0. The van der Waals surface area contributed by atoms with Gasteiger partial charge in [-0.05, 0) is 25.5 Å². The highest BCUT2D eigenvalue weighted by molar-refractivity contribution is 5.99. The van der Waals surface area contributed by atoms with Crippen molar-refractivity contribution in [3.8, 4) is 11.5 Å². The SMILES string of the molecule is CC(N)CCNC(=O)c1ccccc1-c1nc(C(C)(C)C)no1.Cl. The summed E-state index contributed by atoms with van der Waals surface area (Å²) in [4.78, 5) is 16.8. The van der Waals surface area contributed by atoms with Crippen molar-refractivity contribution in [3.05, 3.63) is 35.7 Å². The molecule has 0 bridgehead atoms. The Kier molecular flexibility index (Phi) is 6.93. The third-order valence-corrected chi connectivity index (χ3v) is 3.38. The topological polar surface area (TPSA) is 94.0 Å². The lowest BCUT2D eigenvalue weighted by molar-refractivity contribution is 0.0953. The average Bonchev–Trinajstić information content (AvgIpc) is 2.96. The van der Waals surface area contributed by atoms with E-state index in [1.807, 2.05) is 39.8 Å². The molecule has 0 aliphatic rings.